The summed E-state index contributed by atoms with van der Waals surface area (Å²) in [7, 11) is 3.05. The van der Waals surface area contributed by atoms with Crippen LogP contribution in [0.25, 0.3) is 0 Å². The summed E-state index contributed by atoms with van der Waals surface area (Å²) in [5.74, 6) is 1.07. The lowest BCUT2D eigenvalue weighted by Gasteiger charge is -2.11. The third-order valence-corrected chi connectivity index (χ3v) is 3.35. The van der Waals surface area contributed by atoms with Gasteiger partial charge in [-0.05, 0) is 18.2 Å². The summed E-state index contributed by atoms with van der Waals surface area (Å²) >= 11 is 5.99. The Bertz CT molecular complexity index is 764. The molecule has 0 aromatic heterocycles. The Hall–Kier alpha value is -2.91. The predicted molar refractivity (Wildman–Crippen MR) is 89.8 cm³/mol. The Morgan fingerprint density at radius 1 is 1.17 bits per heavy atom. The Morgan fingerprint density at radius 3 is 2.38 bits per heavy atom. The molecule has 0 fully saturated rings. The van der Waals surface area contributed by atoms with Crippen molar-refractivity contribution in [3.8, 4) is 23.3 Å². The molecule has 2 aromatic carbocycles. The standard InChI is InChI=1S/C17H15ClN2O4/c1-22-13-6-12(7-14(8-13)23-2)20-17(21)10-24-16-4-3-11(9-19)5-15(16)18/h3-8H,10H2,1-2H3,(H,20,21). The summed E-state index contributed by atoms with van der Waals surface area (Å²) in [6, 6.07) is 11.6. The maximum Gasteiger partial charge on any atom is 0.262 e. The molecule has 1 amide bonds. The van der Waals surface area contributed by atoms with Gasteiger partial charge in [-0.15, -0.1) is 0 Å². The average molecular weight is 347 g/mol. The Morgan fingerprint density at radius 2 is 1.83 bits per heavy atom. The molecule has 0 spiro atoms. The molecule has 2 aromatic rings. The molecule has 0 aliphatic carbocycles. The van der Waals surface area contributed by atoms with E-state index in [1.165, 1.54) is 20.3 Å². The first kappa shape index (κ1) is 17.4. The quantitative estimate of drug-likeness (QED) is 0.868. The van der Waals surface area contributed by atoms with Crippen LogP contribution in [0.3, 0.4) is 0 Å². The van der Waals surface area contributed by atoms with E-state index in [2.05, 4.69) is 5.32 Å². The lowest BCUT2D eigenvalue weighted by atomic mass is 10.2. The van der Waals surface area contributed by atoms with Crippen molar-refractivity contribution in [1.29, 1.82) is 5.26 Å². The SMILES string of the molecule is COc1cc(NC(=O)COc2ccc(C#N)cc2Cl)cc(OC)c1. The lowest BCUT2D eigenvalue weighted by molar-refractivity contribution is -0.118. The fraction of sp³-hybridized carbons (Fsp3) is 0.176. The fourth-order valence-electron chi connectivity index (χ4n) is 1.91. The lowest BCUT2D eigenvalue weighted by Crippen LogP contribution is -2.20. The van der Waals surface area contributed by atoms with Gasteiger partial charge < -0.3 is 19.5 Å². The van der Waals surface area contributed by atoms with Crippen LogP contribution >= 0.6 is 11.6 Å². The molecule has 0 unspecified atom stereocenters. The number of anilines is 1. The van der Waals surface area contributed by atoms with Gasteiger partial charge in [-0.1, -0.05) is 11.6 Å². The number of benzene rings is 2. The summed E-state index contributed by atoms with van der Waals surface area (Å²) in [5.41, 5.74) is 0.936. The number of nitrogens with zero attached hydrogens (tertiary/aromatic N) is 1. The van der Waals surface area contributed by atoms with E-state index < -0.39 is 0 Å². The second-order valence-corrected chi connectivity index (χ2v) is 5.10. The Kier molecular flexibility index (Phi) is 5.88. The number of ether oxygens (including phenoxy) is 3. The van der Waals surface area contributed by atoms with Crippen LogP contribution in [-0.4, -0.2) is 26.7 Å². The van der Waals surface area contributed by atoms with Gasteiger partial charge >= 0.3 is 0 Å². The van der Waals surface area contributed by atoms with Crippen molar-refractivity contribution in [3.63, 3.8) is 0 Å². The first-order chi connectivity index (χ1) is 11.5. The number of carbonyl (C=O) groups is 1. The molecule has 0 heterocycles. The first-order valence-corrected chi connectivity index (χ1v) is 7.29. The van der Waals surface area contributed by atoms with E-state index in [0.29, 0.717) is 28.5 Å². The van der Waals surface area contributed by atoms with Gasteiger partial charge in [-0.25, -0.2) is 0 Å². The molecular weight excluding hydrogens is 332 g/mol. The van der Waals surface area contributed by atoms with E-state index >= 15 is 0 Å². The molecule has 0 bridgehead atoms. The van der Waals surface area contributed by atoms with Gasteiger partial charge in [-0.2, -0.15) is 5.26 Å². The smallest absolute Gasteiger partial charge is 0.262 e. The van der Waals surface area contributed by atoms with E-state index in [1.54, 1.807) is 30.3 Å². The minimum Gasteiger partial charge on any atom is -0.497 e. The third kappa shape index (κ3) is 4.54. The summed E-state index contributed by atoms with van der Waals surface area (Å²) < 4.78 is 15.6. The number of carbonyl (C=O) groups excluding carboxylic acids is 1. The van der Waals surface area contributed by atoms with Crippen LogP contribution in [0, 0.1) is 11.3 Å². The second kappa shape index (κ2) is 8.09. The van der Waals surface area contributed by atoms with Gasteiger partial charge in [-0.3, -0.25) is 4.79 Å². The molecule has 7 heteroatoms. The third-order valence-electron chi connectivity index (χ3n) is 3.05. The molecule has 0 radical (unpaired) electrons. The van der Waals surface area contributed by atoms with Gasteiger partial charge in [0.05, 0.1) is 30.9 Å². The zero-order valence-electron chi connectivity index (χ0n) is 13.1. The van der Waals surface area contributed by atoms with Gasteiger partial charge in [0.25, 0.3) is 5.91 Å². The van der Waals surface area contributed by atoms with E-state index in [0.717, 1.165) is 0 Å². The van der Waals surface area contributed by atoms with Crippen LogP contribution in [0.4, 0.5) is 5.69 Å². The van der Waals surface area contributed by atoms with Crippen molar-refractivity contribution in [2.24, 2.45) is 0 Å². The minimum absolute atomic E-state index is 0.231. The summed E-state index contributed by atoms with van der Waals surface area (Å²) in [5, 5.41) is 11.7. The fourth-order valence-corrected chi connectivity index (χ4v) is 2.14. The minimum atomic E-state index is -0.370. The zero-order valence-corrected chi connectivity index (χ0v) is 13.9. The molecule has 124 valence electrons. The number of nitrogens with one attached hydrogen (secondary N) is 1. The van der Waals surface area contributed by atoms with Crippen LogP contribution < -0.4 is 19.5 Å². The number of nitriles is 1. The molecule has 2 rings (SSSR count). The molecule has 0 atom stereocenters. The monoisotopic (exact) mass is 346 g/mol. The highest BCUT2D eigenvalue weighted by Crippen LogP contribution is 2.27. The first-order valence-electron chi connectivity index (χ1n) is 6.91. The highest BCUT2D eigenvalue weighted by molar-refractivity contribution is 6.32. The van der Waals surface area contributed by atoms with Crippen LogP contribution in [0.5, 0.6) is 17.2 Å². The van der Waals surface area contributed by atoms with Gasteiger partial charge in [0.15, 0.2) is 6.61 Å². The number of halogens is 1. The Balaban J connectivity index is 2.00. The molecule has 6 nitrogen and oxygen atoms in total. The number of hydrogen-bond donors (Lipinski definition) is 1. The van der Waals surface area contributed by atoms with Crippen molar-refractivity contribution in [1.82, 2.24) is 0 Å². The highest BCUT2D eigenvalue weighted by atomic mass is 35.5. The number of hydrogen-bond acceptors (Lipinski definition) is 5. The van der Waals surface area contributed by atoms with E-state index in [1.807, 2.05) is 6.07 Å². The van der Waals surface area contributed by atoms with Crippen LogP contribution in [-0.2, 0) is 4.79 Å². The van der Waals surface area contributed by atoms with Crippen molar-refractivity contribution in [2.75, 3.05) is 26.1 Å². The normalized spacial score (nSPS) is 9.75. The average Bonchev–Trinajstić information content (AvgIpc) is 2.60. The molecular formula is C17H15ClN2O4. The van der Waals surface area contributed by atoms with Crippen LogP contribution in [0.15, 0.2) is 36.4 Å². The van der Waals surface area contributed by atoms with Crippen LogP contribution in [0.2, 0.25) is 5.02 Å². The number of rotatable bonds is 6. The van der Waals surface area contributed by atoms with Crippen molar-refractivity contribution < 1.29 is 19.0 Å². The maximum absolute atomic E-state index is 12.0. The summed E-state index contributed by atoms with van der Waals surface area (Å²) in [4.78, 5) is 12.0. The molecule has 0 aliphatic rings. The summed E-state index contributed by atoms with van der Waals surface area (Å²) in [6.45, 7) is -0.231. The highest BCUT2D eigenvalue weighted by Gasteiger charge is 2.09. The molecule has 0 saturated carbocycles. The molecule has 0 saturated heterocycles. The zero-order chi connectivity index (χ0) is 17.5. The molecule has 1 N–H and O–H groups in total. The largest absolute Gasteiger partial charge is 0.497 e. The maximum atomic E-state index is 12.0. The van der Waals surface area contributed by atoms with Gasteiger partial charge in [0.1, 0.15) is 17.2 Å². The van der Waals surface area contributed by atoms with Gasteiger partial charge in [0.2, 0.25) is 0 Å². The summed E-state index contributed by atoms with van der Waals surface area (Å²) in [6.07, 6.45) is 0. The second-order valence-electron chi connectivity index (χ2n) is 4.70. The van der Waals surface area contributed by atoms with Crippen molar-refractivity contribution in [2.45, 2.75) is 0 Å². The van der Waals surface area contributed by atoms with E-state index in [9.17, 15) is 4.79 Å². The topological polar surface area (TPSA) is 80.6 Å². The van der Waals surface area contributed by atoms with Crippen LogP contribution in [0.1, 0.15) is 5.56 Å². The number of methoxy groups -OCH3 is 2. The van der Waals surface area contributed by atoms with Crippen molar-refractivity contribution >= 4 is 23.2 Å². The van der Waals surface area contributed by atoms with E-state index in [4.69, 9.17) is 31.1 Å². The number of amides is 1. The molecule has 0 aliphatic heterocycles. The van der Waals surface area contributed by atoms with Gasteiger partial charge in [0, 0.05) is 23.9 Å². The predicted octanol–water partition coefficient (Wildman–Crippen LogP) is 3.25. The van der Waals surface area contributed by atoms with E-state index in [-0.39, 0.29) is 17.5 Å². The Labute approximate surface area is 144 Å². The molecule has 24 heavy (non-hydrogen) atoms. The van der Waals surface area contributed by atoms with Crippen molar-refractivity contribution in [3.05, 3.63) is 47.0 Å².